The van der Waals surface area contributed by atoms with E-state index in [1.54, 1.807) is 0 Å². The zero-order valence-corrected chi connectivity index (χ0v) is 12.0. The second-order valence-electron chi connectivity index (χ2n) is 5.45. The molecule has 0 spiro atoms. The molecule has 7 heteroatoms. The molecule has 0 aromatic heterocycles. The fourth-order valence-corrected chi connectivity index (χ4v) is 2.67. The Morgan fingerprint density at radius 1 is 0.826 bits per heavy atom. The molecule has 2 aromatic carbocycles. The smallest absolute Gasteiger partial charge is 0.254 e. The maximum absolute atomic E-state index is 12.5. The number of nitrogens with zero attached hydrogens (tertiary/aromatic N) is 1. The Labute approximate surface area is 131 Å². The lowest BCUT2D eigenvalue weighted by molar-refractivity contribution is 0.0733. The summed E-state index contributed by atoms with van der Waals surface area (Å²) >= 11 is 0. The van der Waals surface area contributed by atoms with Gasteiger partial charge >= 0.3 is 0 Å². The first-order valence-electron chi connectivity index (χ1n) is 6.94. The summed E-state index contributed by atoms with van der Waals surface area (Å²) in [7, 11) is 0. The number of fused-ring (bicyclic) bond motifs is 1. The van der Waals surface area contributed by atoms with Gasteiger partial charge in [0.25, 0.3) is 5.91 Å². The van der Waals surface area contributed by atoms with Gasteiger partial charge in [-0.25, -0.2) is 0 Å². The minimum absolute atomic E-state index is 0.0456. The van der Waals surface area contributed by atoms with Crippen molar-refractivity contribution in [2.75, 3.05) is 6.54 Å². The van der Waals surface area contributed by atoms with Crippen LogP contribution in [-0.4, -0.2) is 42.9 Å². The molecule has 0 atom stereocenters. The number of rotatable bonds is 1. The van der Waals surface area contributed by atoms with Crippen molar-refractivity contribution >= 4 is 5.91 Å². The van der Waals surface area contributed by atoms with Gasteiger partial charge in [-0.1, -0.05) is 0 Å². The maximum Gasteiger partial charge on any atom is 0.254 e. The first-order chi connectivity index (χ1) is 10.9. The summed E-state index contributed by atoms with van der Waals surface area (Å²) in [6, 6.07) is 5.06. The number of aromatic hydroxyl groups is 5. The van der Waals surface area contributed by atoms with E-state index in [4.69, 9.17) is 0 Å². The predicted octanol–water partition coefficient (Wildman–Crippen LogP) is 1.41. The van der Waals surface area contributed by atoms with E-state index in [1.807, 2.05) is 0 Å². The number of carbonyl (C=O) groups excluding carboxylic acids is 1. The van der Waals surface area contributed by atoms with E-state index >= 15 is 0 Å². The zero-order chi connectivity index (χ0) is 16.7. The molecular formula is C16H15NO6. The van der Waals surface area contributed by atoms with Crippen molar-refractivity contribution in [3.63, 3.8) is 0 Å². The van der Waals surface area contributed by atoms with Gasteiger partial charge in [-0.3, -0.25) is 4.79 Å². The van der Waals surface area contributed by atoms with Crippen molar-refractivity contribution in [3.8, 4) is 28.7 Å². The molecule has 1 heterocycles. The van der Waals surface area contributed by atoms with Gasteiger partial charge in [-0.15, -0.1) is 0 Å². The molecule has 1 aliphatic heterocycles. The van der Waals surface area contributed by atoms with Crippen LogP contribution in [0.15, 0.2) is 24.3 Å². The highest BCUT2D eigenvalue weighted by Crippen LogP contribution is 2.36. The number of hydrogen-bond donors (Lipinski definition) is 5. The summed E-state index contributed by atoms with van der Waals surface area (Å²) in [6.45, 7) is 0.614. The fraction of sp³-hybridized carbons (Fsp3) is 0.188. The normalized spacial score (nSPS) is 13.7. The molecule has 0 saturated carbocycles. The second-order valence-corrected chi connectivity index (χ2v) is 5.45. The summed E-state index contributed by atoms with van der Waals surface area (Å²) in [4.78, 5) is 14.0. The third-order valence-electron chi connectivity index (χ3n) is 3.91. The van der Waals surface area contributed by atoms with Crippen LogP contribution in [0.4, 0.5) is 0 Å². The van der Waals surface area contributed by atoms with Crippen LogP contribution in [0.5, 0.6) is 28.7 Å². The van der Waals surface area contributed by atoms with Crippen LogP contribution < -0.4 is 0 Å². The minimum Gasteiger partial charge on any atom is -0.504 e. The van der Waals surface area contributed by atoms with E-state index in [2.05, 4.69) is 0 Å². The average Bonchev–Trinajstić information content (AvgIpc) is 2.52. The predicted molar refractivity (Wildman–Crippen MR) is 79.7 cm³/mol. The maximum atomic E-state index is 12.5. The molecule has 23 heavy (non-hydrogen) atoms. The number of benzene rings is 2. The van der Waals surface area contributed by atoms with Crippen LogP contribution in [0.25, 0.3) is 0 Å². The summed E-state index contributed by atoms with van der Waals surface area (Å²) in [5.41, 5.74) is 1.61. The van der Waals surface area contributed by atoms with Gasteiger partial charge in [0.2, 0.25) is 0 Å². The molecule has 0 radical (unpaired) electrons. The Kier molecular flexibility index (Phi) is 3.40. The molecule has 2 aromatic rings. The SMILES string of the molecule is O=C(c1cc(O)c(O)c(O)c1)N1CCc2cc(O)c(O)cc2C1. The molecule has 1 aliphatic rings. The number of phenolic OH excluding ortho intramolecular Hbond substituents is 5. The van der Waals surface area contributed by atoms with Crippen molar-refractivity contribution in [3.05, 3.63) is 41.0 Å². The molecule has 3 rings (SSSR count). The van der Waals surface area contributed by atoms with E-state index in [9.17, 15) is 30.3 Å². The van der Waals surface area contributed by atoms with Crippen LogP contribution >= 0.6 is 0 Å². The van der Waals surface area contributed by atoms with Crippen LogP contribution in [0.3, 0.4) is 0 Å². The highest BCUT2D eigenvalue weighted by atomic mass is 16.3. The Morgan fingerprint density at radius 2 is 1.39 bits per heavy atom. The lowest BCUT2D eigenvalue weighted by Gasteiger charge is -2.29. The monoisotopic (exact) mass is 317 g/mol. The van der Waals surface area contributed by atoms with Crippen molar-refractivity contribution in [2.45, 2.75) is 13.0 Å². The van der Waals surface area contributed by atoms with Gasteiger partial charge in [0.1, 0.15) is 0 Å². The van der Waals surface area contributed by atoms with Crippen LogP contribution in [0, 0.1) is 0 Å². The number of hydrogen-bond acceptors (Lipinski definition) is 6. The van der Waals surface area contributed by atoms with Gasteiger partial charge in [0.15, 0.2) is 28.7 Å². The van der Waals surface area contributed by atoms with Crippen molar-refractivity contribution in [1.82, 2.24) is 4.90 Å². The highest BCUT2D eigenvalue weighted by Gasteiger charge is 2.24. The van der Waals surface area contributed by atoms with E-state index in [0.717, 1.165) is 17.7 Å². The Morgan fingerprint density at radius 3 is 2.00 bits per heavy atom. The standard InChI is InChI=1S/C16H15NO6/c18-11-3-8-1-2-17(7-10(8)6-12(11)19)16(23)9-4-13(20)15(22)14(21)5-9/h3-6,18-22H,1-2,7H2. The molecule has 0 fully saturated rings. The van der Waals surface area contributed by atoms with Gasteiger partial charge in [-0.05, 0) is 41.8 Å². The largest absolute Gasteiger partial charge is 0.504 e. The second kappa shape index (κ2) is 5.28. The Hall–Kier alpha value is -3.09. The molecule has 5 N–H and O–H groups in total. The summed E-state index contributed by atoms with van der Waals surface area (Å²) < 4.78 is 0. The van der Waals surface area contributed by atoms with Gasteiger partial charge in [0, 0.05) is 18.7 Å². The van der Waals surface area contributed by atoms with E-state index in [0.29, 0.717) is 18.5 Å². The third kappa shape index (κ3) is 2.57. The van der Waals surface area contributed by atoms with Crippen LogP contribution in [0.2, 0.25) is 0 Å². The molecular weight excluding hydrogens is 302 g/mol. The molecule has 0 unspecified atom stereocenters. The van der Waals surface area contributed by atoms with Crippen molar-refractivity contribution in [1.29, 1.82) is 0 Å². The molecule has 0 bridgehead atoms. The fourth-order valence-electron chi connectivity index (χ4n) is 2.67. The summed E-state index contributed by atoms with van der Waals surface area (Å²) in [6.07, 6.45) is 0.505. The first-order valence-corrected chi connectivity index (χ1v) is 6.94. The van der Waals surface area contributed by atoms with Crippen LogP contribution in [-0.2, 0) is 13.0 Å². The van der Waals surface area contributed by atoms with Gasteiger partial charge in [-0.2, -0.15) is 0 Å². The molecule has 7 nitrogen and oxygen atoms in total. The number of phenols is 5. The Bertz CT molecular complexity index is 778. The number of amides is 1. The highest BCUT2D eigenvalue weighted by molar-refractivity contribution is 5.95. The van der Waals surface area contributed by atoms with E-state index < -0.39 is 23.2 Å². The Balaban J connectivity index is 1.88. The molecule has 0 saturated heterocycles. The molecule has 120 valence electrons. The molecule has 0 aliphatic carbocycles. The quantitative estimate of drug-likeness (QED) is 0.507. The lowest BCUT2D eigenvalue weighted by atomic mass is 9.98. The van der Waals surface area contributed by atoms with Crippen molar-refractivity contribution < 1.29 is 30.3 Å². The first kappa shape index (κ1) is 14.8. The summed E-state index contributed by atoms with van der Waals surface area (Å²) in [5, 5.41) is 47.4. The van der Waals surface area contributed by atoms with Gasteiger partial charge < -0.3 is 30.4 Å². The number of carbonyl (C=O) groups is 1. The average molecular weight is 317 g/mol. The minimum atomic E-state index is -0.675. The summed E-state index contributed by atoms with van der Waals surface area (Å²) in [5.74, 6) is -2.70. The van der Waals surface area contributed by atoms with Crippen molar-refractivity contribution in [2.24, 2.45) is 0 Å². The topological polar surface area (TPSA) is 121 Å². The lowest BCUT2D eigenvalue weighted by Crippen LogP contribution is -2.35. The van der Waals surface area contributed by atoms with Crippen LogP contribution in [0.1, 0.15) is 21.5 Å². The third-order valence-corrected chi connectivity index (χ3v) is 3.91. The molecule has 1 amide bonds. The zero-order valence-electron chi connectivity index (χ0n) is 12.0. The van der Waals surface area contributed by atoms with E-state index in [-0.39, 0.29) is 23.6 Å². The van der Waals surface area contributed by atoms with E-state index in [1.165, 1.54) is 17.0 Å². The van der Waals surface area contributed by atoms with Gasteiger partial charge in [0.05, 0.1) is 0 Å².